The van der Waals surface area contributed by atoms with Crippen LogP contribution < -0.4 is 4.74 Å². The lowest BCUT2D eigenvalue weighted by Gasteiger charge is -2.08. The molecule has 124 valence electrons. The molecule has 3 rings (SSSR count). The van der Waals surface area contributed by atoms with Crippen molar-refractivity contribution in [1.29, 1.82) is 0 Å². The highest BCUT2D eigenvalue weighted by Gasteiger charge is 2.13. The molecule has 7 heteroatoms. The van der Waals surface area contributed by atoms with Crippen molar-refractivity contribution in [2.45, 2.75) is 13.0 Å². The number of carbonyl (C=O) groups is 1. The van der Waals surface area contributed by atoms with Crippen molar-refractivity contribution >= 4 is 17.6 Å². The topological polar surface area (TPSA) is 74.7 Å². The molecule has 0 spiro atoms. The Balaban J connectivity index is 1.59. The summed E-state index contributed by atoms with van der Waals surface area (Å²) >= 11 is 5.94. The molecule has 0 saturated heterocycles. The average molecular weight is 348 g/mol. The lowest BCUT2D eigenvalue weighted by Crippen LogP contribution is -2.09. The minimum atomic E-state index is -0.418. The molecular formula is C17H14ClNO5. The molecule has 0 aliphatic rings. The Kier molecular flexibility index (Phi) is 4.86. The summed E-state index contributed by atoms with van der Waals surface area (Å²) in [5.41, 5.74) is 1.15. The smallest absolute Gasteiger partial charge is 0.310 e. The van der Waals surface area contributed by atoms with Gasteiger partial charge in [0.25, 0.3) is 0 Å². The Bertz CT molecular complexity index is 825. The first kappa shape index (κ1) is 16.1. The van der Waals surface area contributed by atoms with Crippen molar-refractivity contribution in [3.63, 3.8) is 0 Å². The minimum Gasteiger partial charge on any atom is -0.496 e. The van der Waals surface area contributed by atoms with Gasteiger partial charge < -0.3 is 18.4 Å². The zero-order valence-corrected chi connectivity index (χ0v) is 13.6. The third-order valence-corrected chi connectivity index (χ3v) is 3.52. The molecule has 0 amide bonds. The molecule has 6 nitrogen and oxygen atoms in total. The highest BCUT2D eigenvalue weighted by Crippen LogP contribution is 2.24. The van der Waals surface area contributed by atoms with Crippen LogP contribution in [0.25, 0.3) is 11.5 Å². The Morgan fingerprint density at radius 3 is 2.88 bits per heavy atom. The van der Waals surface area contributed by atoms with Gasteiger partial charge in [-0.1, -0.05) is 16.8 Å². The van der Waals surface area contributed by atoms with Gasteiger partial charge in [0, 0.05) is 16.7 Å². The molecule has 2 aromatic heterocycles. The summed E-state index contributed by atoms with van der Waals surface area (Å²) in [6, 6.07) is 10.2. The van der Waals surface area contributed by atoms with E-state index in [0.717, 1.165) is 0 Å². The van der Waals surface area contributed by atoms with E-state index in [1.807, 2.05) is 0 Å². The number of esters is 1. The Morgan fingerprint density at radius 1 is 1.25 bits per heavy atom. The van der Waals surface area contributed by atoms with Crippen LogP contribution >= 0.6 is 11.6 Å². The first-order valence-corrected chi connectivity index (χ1v) is 7.51. The monoisotopic (exact) mass is 347 g/mol. The van der Waals surface area contributed by atoms with E-state index in [4.69, 9.17) is 30.0 Å². The number of hydrogen-bond acceptors (Lipinski definition) is 6. The highest BCUT2D eigenvalue weighted by atomic mass is 35.5. The highest BCUT2D eigenvalue weighted by molar-refractivity contribution is 6.30. The first-order valence-electron chi connectivity index (χ1n) is 7.13. The van der Waals surface area contributed by atoms with Crippen molar-refractivity contribution in [1.82, 2.24) is 5.16 Å². The molecule has 0 radical (unpaired) electrons. The number of methoxy groups -OCH3 is 1. The predicted octanol–water partition coefficient (Wildman–Crippen LogP) is 3.88. The zero-order valence-electron chi connectivity index (χ0n) is 12.8. The van der Waals surface area contributed by atoms with Gasteiger partial charge in [-0.15, -0.1) is 0 Å². The maximum atomic E-state index is 12.0. The van der Waals surface area contributed by atoms with E-state index in [1.54, 1.807) is 36.4 Å². The minimum absolute atomic E-state index is 0.00588. The number of furan rings is 1. The van der Waals surface area contributed by atoms with Crippen molar-refractivity contribution < 1.29 is 23.2 Å². The number of rotatable bonds is 6. The Morgan fingerprint density at radius 2 is 2.12 bits per heavy atom. The molecule has 0 bridgehead atoms. The molecule has 3 aromatic rings. The van der Waals surface area contributed by atoms with Gasteiger partial charge in [0.1, 0.15) is 18.1 Å². The fourth-order valence-electron chi connectivity index (χ4n) is 2.16. The van der Waals surface area contributed by atoms with Crippen molar-refractivity contribution in [2.24, 2.45) is 0 Å². The van der Waals surface area contributed by atoms with Gasteiger partial charge in [0.2, 0.25) is 5.76 Å². The summed E-state index contributed by atoms with van der Waals surface area (Å²) in [7, 11) is 1.53. The molecule has 0 fully saturated rings. The molecule has 0 atom stereocenters. The number of halogens is 1. The van der Waals surface area contributed by atoms with E-state index in [-0.39, 0.29) is 13.0 Å². The van der Waals surface area contributed by atoms with Gasteiger partial charge in [-0.2, -0.15) is 0 Å². The summed E-state index contributed by atoms with van der Waals surface area (Å²) in [5.74, 6) is 1.20. The van der Waals surface area contributed by atoms with Crippen LogP contribution in [0.4, 0.5) is 0 Å². The maximum Gasteiger partial charge on any atom is 0.310 e. The van der Waals surface area contributed by atoms with Crippen LogP contribution in [0.2, 0.25) is 5.02 Å². The zero-order chi connectivity index (χ0) is 16.9. The van der Waals surface area contributed by atoms with Gasteiger partial charge in [-0.05, 0) is 30.3 Å². The van der Waals surface area contributed by atoms with Crippen LogP contribution in [-0.4, -0.2) is 18.2 Å². The second-order valence-electron chi connectivity index (χ2n) is 4.95. The molecule has 0 saturated carbocycles. The molecule has 0 aliphatic carbocycles. The number of ether oxygens (including phenoxy) is 2. The van der Waals surface area contributed by atoms with Gasteiger partial charge in [-0.3, -0.25) is 4.79 Å². The number of benzene rings is 1. The van der Waals surface area contributed by atoms with E-state index >= 15 is 0 Å². The number of carbonyl (C=O) groups excluding carboxylic acids is 1. The summed E-state index contributed by atoms with van der Waals surface area (Å²) in [6.45, 7) is 0.00588. The standard InChI is InChI=1S/C17H14ClNO5/c1-21-14-5-4-12(18)7-11(14)8-17(20)23-10-13-9-16(24-19-13)15-3-2-6-22-15/h2-7,9H,8,10H2,1H3. The van der Waals surface area contributed by atoms with Crippen LogP contribution in [0.15, 0.2) is 51.6 Å². The van der Waals surface area contributed by atoms with E-state index in [2.05, 4.69) is 5.16 Å². The first-order chi connectivity index (χ1) is 11.7. The van der Waals surface area contributed by atoms with Gasteiger partial charge >= 0.3 is 5.97 Å². The third kappa shape index (κ3) is 3.78. The SMILES string of the molecule is COc1ccc(Cl)cc1CC(=O)OCc1cc(-c2ccco2)on1. The fraction of sp³-hybridized carbons (Fsp3) is 0.176. The second kappa shape index (κ2) is 7.23. The van der Waals surface area contributed by atoms with Crippen molar-refractivity contribution in [3.8, 4) is 17.3 Å². The second-order valence-corrected chi connectivity index (χ2v) is 5.39. The van der Waals surface area contributed by atoms with Crippen LogP contribution in [0, 0.1) is 0 Å². The van der Waals surface area contributed by atoms with Crippen LogP contribution in [-0.2, 0) is 22.6 Å². The lowest BCUT2D eigenvalue weighted by molar-refractivity contribution is -0.144. The largest absolute Gasteiger partial charge is 0.496 e. The van der Waals surface area contributed by atoms with E-state index in [1.165, 1.54) is 13.4 Å². The third-order valence-electron chi connectivity index (χ3n) is 3.28. The summed E-state index contributed by atoms with van der Waals surface area (Å²) < 4.78 is 20.8. The molecule has 2 heterocycles. The van der Waals surface area contributed by atoms with E-state index in [9.17, 15) is 4.79 Å². The van der Waals surface area contributed by atoms with Gasteiger partial charge in [0.05, 0.1) is 19.8 Å². The van der Waals surface area contributed by atoms with E-state index < -0.39 is 5.97 Å². The number of nitrogens with zero attached hydrogens (tertiary/aromatic N) is 1. The summed E-state index contributed by atoms with van der Waals surface area (Å²) in [5, 5.41) is 4.37. The molecule has 0 aliphatic heterocycles. The number of hydrogen-bond donors (Lipinski definition) is 0. The molecule has 24 heavy (non-hydrogen) atoms. The summed E-state index contributed by atoms with van der Waals surface area (Å²) in [4.78, 5) is 12.0. The van der Waals surface area contributed by atoms with E-state index in [0.29, 0.717) is 33.6 Å². The molecule has 1 aromatic carbocycles. The Hall–Kier alpha value is -2.73. The fourth-order valence-corrected chi connectivity index (χ4v) is 2.36. The van der Waals surface area contributed by atoms with Crippen molar-refractivity contribution in [3.05, 3.63) is 58.9 Å². The average Bonchev–Trinajstić information content (AvgIpc) is 3.24. The van der Waals surface area contributed by atoms with Gasteiger partial charge in [-0.25, -0.2) is 0 Å². The normalized spacial score (nSPS) is 10.6. The lowest BCUT2D eigenvalue weighted by atomic mass is 10.1. The number of aromatic nitrogens is 1. The van der Waals surface area contributed by atoms with Gasteiger partial charge in [0.15, 0.2) is 5.76 Å². The van der Waals surface area contributed by atoms with Crippen LogP contribution in [0.1, 0.15) is 11.3 Å². The van der Waals surface area contributed by atoms with Crippen LogP contribution in [0.5, 0.6) is 5.75 Å². The quantitative estimate of drug-likeness (QED) is 0.630. The summed E-state index contributed by atoms with van der Waals surface area (Å²) in [6.07, 6.45) is 1.59. The van der Waals surface area contributed by atoms with Crippen LogP contribution in [0.3, 0.4) is 0 Å². The molecule has 0 N–H and O–H groups in total. The van der Waals surface area contributed by atoms with Crippen molar-refractivity contribution in [2.75, 3.05) is 7.11 Å². The maximum absolute atomic E-state index is 12.0. The predicted molar refractivity (Wildman–Crippen MR) is 85.7 cm³/mol. The Labute approximate surface area is 142 Å². The molecule has 0 unspecified atom stereocenters. The molecular weight excluding hydrogens is 334 g/mol.